The van der Waals surface area contributed by atoms with Crippen LogP contribution in [0.1, 0.15) is 25.3 Å². The van der Waals surface area contributed by atoms with Crippen LogP contribution in [0.15, 0.2) is 48.5 Å². The van der Waals surface area contributed by atoms with Gasteiger partial charge in [0.25, 0.3) is 0 Å². The van der Waals surface area contributed by atoms with Crippen molar-refractivity contribution in [2.75, 3.05) is 24.3 Å². The minimum atomic E-state index is -1.03. The quantitative estimate of drug-likeness (QED) is 0.336. The SMILES string of the molecule is CCOc1ccc(Cl)cc1-c1cc(Nc2ccc(CCOC(=O)CCC(=O)O)cc2)nc(N)n1. The lowest BCUT2D eigenvalue weighted by Gasteiger charge is -2.13. The molecule has 3 rings (SSSR count). The number of nitrogens with two attached hydrogens (primary N) is 1. The first kappa shape index (κ1) is 24.8. The van der Waals surface area contributed by atoms with E-state index >= 15 is 0 Å². The molecule has 0 atom stereocenters. The summed E-state index contributed by atoms with van der Waals surface area (Å²) in [7, 11) is 0. The van der Waals surface area contributed by atoms with Gasteiger partial charge in [-0.2, -0.15) is 4.98 Å². The molecule has 0 fully saturated rings. The van der Waals surface area contributed by atoms with Crippen molar-refractivity contribution < 1.29 is 24.2 Å². The molecule has 3 aromatic rings. The third kappa shape index (κ3) is 7.35. The number of anilines is 3. The fourth-order valence-electron chi connectivity index (χ4n) is 3.12. The number of hydrogen-bond donors (Lipinski definition) is 3. The van der Waals surface area contributed by atoms with E-state index in [1.807, 2.05) is 31.2 Å². The molecule has 0 aliphatic rings. The lowest BCUT2D eigenvalue weighted by Crippen LogP contribution is -2.09. The number of nitrogen functional groups attached to an aromatic ring is 1. The molecule has 34 heavy (non-hydrogen) atoms. The zero-order valence-corrected chi connectivity index (χ0v) is 19.3. The Morgan fingerprint density at radius 3 is 2.56 bits per heavy atom. The molecule has 10 heteroatoms. The molecule has 1 heterocycles. The zero-order chi connectivity index (χ0) is 24.5. The number of benzene rings is 2. The van der Waals surface area contributed by atoms with Crippen LogP contribution in [0.2, 0.25) is 5.02 Å². The molecule has 0 aliphatic heterocycles. The molecule has 0 amide bonds. The molecule has 0 bridgehead atoms. The van der Waals surface area contributed by atoms with Crippen LogP contribution >= 0.6 is 11.6 Å². The highest BCUT2D eigenvalue weighted by molar-refractivity contribution is 6.31. The number of carbonyl (C=O) groups excluding carboxylic acids is 1. The average molecular weight is 485 g/mol. The van der Waals surface area contributed by atoms with E-state index in [1.54, 1.807) is 24.3 Å². The number of halogens is 1. The van der Waals surface area contributed by atoms with Gasteiger partial charge in [-0.3, -0.25) is 9.59 Å². The summed E-state index contributed by atoms with van der Waals surface area (Å²) in [4.78, 5) is 30.6. The standard InChI is InChI=1S/C24H25ClN4O5/c1-2-33-20-8-5-16(25)13-18(20)19-14-21(29-24(26)28-19)27-17-6-3-15(4-7-17)11-12-34-23(32)10-9-22(30)31/h3-8,13-14H,2,9-12H2,1H3,(H,30,31)(H3,26,27,28,29). The van der Waals surface area contributed by atoms with Crippen molar-refractivity contribution in [2.24, 2.45) is 0 Å². The normalized spacial score (nSPS) is 10.5. The summed E-state index contributed by atoms with van der Waals surface area (Å²) in [6.07, 6.45) is 0.140. The summed E-state index contributed by atoms with van der Waals surface area (Å²) < 4.78 is 10.7. The van der Waals surface area contributed by atoms with Gasteiger partial charge in [0.2, 0.25) is 5.95 Å². The number of nitrogens with one attached hydrogen (secondary N) is 1. The molecule has 0 saturated heterocycles. The Balaban J connectivity index is 1.65. The first-order valence-corrected chi connectivity index (χ1v) is 11.0. The first-order valence-electron chi connectivity index (χ1n) is 10.6. The molecular formula is C24H25ClN4O5. The Hall–Kier alpha value is -3.85. The van der Waals surface area contributed by atoms with Crippen LogP contribution in [0.25, 0.3) is 11.3 Å². The van der Waals surface area contributed by atoms with Crippen LogP contribution in [0.5, 0.6) is 5.75 Å². The lowest BCUT2D eigenvalue weighted by molar-refractivity contribution is -0.147. The summed E-state index contributed by atoms with van der Waals surface area (Å²) in [6, 6.07) is 14.6. The van der Waals surface area contributed by atoms with Crippen molar-refractivity contribution in [3.05, 3.63) is 59.1 Å². The second-order valence-electron chi connectivity index (χ2n) is 7.26. The third-order valence-electron chi connectivity index (χ3n) is 4.68. The van der Waals surface area contributed by atoms with Crippen LogP contribution in [0, 0.1) is 0 Å². The fraction of sp³-hybridized carbons (Fsp3) is 0.250. The maximum Gasteiger partial charge on any atom is 0.306 e. The van der Waals surface area contributed by atoms with E-state index in [9.17, 15) is 9.59 Å². The Labute approximate surface area is 201 Å². The Morgan fingerprint density at radius 2 is 1.85 bits per heavy atom. The summed E-state index contributed by atoms with van der Waals surface area (Å²) in [5, 5.41) is 12.3. The van der Waals surface area contributed by atoms with E-state index in [-0.39, 0.29) is 25.4 Å². The third-order valence-corrected chi connectivity index (χ3v) is 4.92. The molecule has 178 valence electrons. The summed E-state index contributed by atoms with van der Waals surface area (Å²) >= 11 is 6.18. The monoisotopic (exact) mass is 484 g/mol. The highest BCUT2D eigenvalue weighted by Crippen LogP contribution is 2.33. The molecule has 0 unspecified atom stereocenters. The predicted molar refractivity (Wildman–Crippen MR) is 129 cm³/mol. The molecule has 2 aromatic carbocycles. The van der Waals surface area contributed by atoms with Crippen molar-refractivity contribution in [3.8, 4) is 17.0 Å². The van der Waals surface area contributed by atoms with E-state index in [1.165, 1.54) is 0 Å². The Bertz CT molecular complexity index is 1150. The number of carboxylic acids is 1. The number of rotatable bonds is 11. The second-order valence-corrected chi connectivity index (χ2v) is 7.69. The number of nitrogens with zero attached hydrogens (tertiary/aromatic N) is 2. The Kier molecular flexibility index (Phi) is 8.64. The molecule has 0 aliphatic carbocycles. The molecule has 1 aromatic heterocycles. The van der Waals surface area contributed by atoms with Gasteiger partial charge in [0, 0.05) is 28.8 Å². The number of hydrogen-bond acceptors (Lipinski definition) is 8. The van der Waals surface area contributed by atoms with Crippen LogP contribution < -0.4 is 15.8 Å². The van der Waals surface area contributed by atoms with Gasteiger partial charge >= 0.3 is 11.9 Å². The highest BCUT2D eigenvalue weighted by Gasteiger charge is 2.12. The van der Waals surface area contributed by atoms with Crippen LogP contribution in [-0.2, 0) is 20.7 Å². The van der Waals surface area contributed by atoms with Crippen molar-refractivity contribution in [2.45, 2.75) is 26.2 Å². The van der Waals surface area contributed by atoms with Gasteiger partial charge < -0.3 is 25.6 Å². The van der Waals surface area contributed by atoms with E-state index < -0.39 is 11.9 Å². The topological polar surface area (TPSA) is 137 Å². The second kappa shape index (κ2) is 11.9. The van der Waals surface area contributed by atoms with Gasteiger partial charge in [-0.25, -0.2) is 4.98 Å². The van der Waals surface area contributed by atoms with Crippen LogP contribution in [-0.4, -0.2) is 40.2 Å². The number of esters is 1. The van der Waals surface area contributed by atoms with Crippen molar-refractivity contribution in [1.29, 1.82) is 0 Å². The number of aliphatic carboxylic acids is 1. The molecule has 0 radical (unpaired) electrons. The lowest BCUT2D eigenvalue weighted by atomic mass is 10.1. The fourth-order valence-corrected chi connectivity index (χ4v) is 3.29. The summed E-state index contributed by atoms with van der Waals surface area (Å²) in [6.45, 7) is 2.57. The first-order chi connectivity index (χ1) is 16.3. The Morgan fingerprint density at radius 1 is 1.09 bits per heavy atom. The van der Waals surface area contributed by atoms with Gasteiger partial charge in [-0.15, -0.1) is 0 Å². The number of carboxylic acid groups (broad SMARTS) is 1. The maximum absolute atomic E-state index is 11.5. The zero-order valence-electron chi connectivity index (χ0n) is 18.6. The highest BCUT2D eigenvalue weighted by atomic mass is 35.5. The molecule has 0 saturated carbocycles. The van der Waals surface area contributed by atoms with Crippen molar-refractivity contribution in [3.63, 3.8) is 0 Å². The van der Waals surface area contributed by atoms with Gasteiger partial charge in [0.05, 0.1) is 31.7 Å². The minimum absolute atomic E-state index is 0.101. The van der Waals surface area contributed by atoms with E-state index in [0.717, 1.165) is 11.3 Å². The van der Waals surface area contributed by atoms with E-state index in [0.29, 0.717) is 40.9 Å². The number of aromatic nitrogens is 2. The van der Waals surface area contributed by atoms with Crippen molar-refractivity contribution >= 4 is 41.0 Å². The largest absolute Gasteiger partial charge is 0.493 e. The number of ether oxygens (including phenoxy) is 2. The summed E-state index contributed by atoms with van der Waals surface area (Å²) in [5.74, 6) is -0.303. The number of carbonyl (C=O) groups is 2. The van der Waals surface area contributed by atoms with Crippen LogP contribution in [0.4, 0.5) is 17.5 Å². The molecule has 4 N–H and O–H groups in total. The maximum atomic E-state index is 11.5. The van der Waals surface area contributed by atoms with Crippen LogP contribution in [0.3, 0.4) is 0 Å². The molecule has 9 nitrogen and oxygen atoms in total. The van der Waals surface area contributed by atoms with Gasteiger partial charge in [0.1, 0.15) is 11.6 Å². The predicted octanol–water partition coefficient (Wildman–Crippen LogP) is 4.47. The van der Waals surface area contributed by atoms with E-state index in [4.69, 9.17) is 31.9 Å². The molecular weight excluding hydrogens is 460 g/mol. The van der Waals surface area contributed by atoms with Crippen molar-refractivity contribution in [1.82, 2.24) is 9.97 Å². The summed E-state index contributed by atoms with van der Waals surface area (Å²) in [5.41, 5.74) is 8.96. The van der Waals surface area contributed by atoms with Gasteiger partial charge in [-0.1, -0.05) is 23.7 Å². The smallest absolute Gasteiger partial charge is 0.306 e. The van der Waals surface area contributed by atoms with Gasteiger partial charge in [0.15, 0.2) is 0 Å². The molecule has 0 spiro atoms. The van der Waals surface area contributed by atoms with Gasteiger partial charge in [-0.05, 0) is 42.8 Å². The minimum Gasteiger partial charge on any atom is -0.493 e. The average Bonchev–Trinajstić information content (AvgIpc) is 2.80. The van der Waals surface area contributed by atoms with E-state index in [2.05, 4.69) is 15.3 Å².